The van der Waals surface area contributed by atoms with Crippen molar-refractivity contribution in [3.05, 3.63) is 67.7 Å². The molecule has 0 aliphatic rings. The Morgan fingerprint density at radius 1 is 0.963 bits per heavy atom. The van der Waals surface area contributed by atoms with Crippen LogP contribution in [-0.4, -0.2) is 10.9 Å². The molecule has 3 aromatic rings. The maximum absolute atomic E-state index is 12.9. The Labute approximate surface area is 177 Å². The lowest BCUT2D eigenvalue weighted by molar-refractivity contribution is 0.102. The van der Waals surface area contributed by atoms with Gasteiger partial charge in [0.25, 0.3) is 5.91 Å². The quantitative estimate of drug-likeness (QED) is 0.450. The Kier molecular flexibility index (Phi) is 5.60. The van der Waals surface area contributed by atoms with Crippen LogP contribution in [0, 0.1) is 0 Å². The van der Waals surface area contributed by atoms with Crippen molar-refractivity contribution in [1.82, 2.24) is 4.98 Å². The van der Waals surface area contributed by atoms with E-state index in [4.69, 9.17) is 46.4 Å². The number of carbonyl (C=O) groups is 1. The van der Waals surface area contributed by atoms with E-state index < -0.39 is 5.91 Å². The summed E-state index contributed by atoms with van der Waals surface area (Å²) in [6.45, 7) is 6.13. The molecule has 0 aliphatic heterocycles. The standard InChI is InChI=1S/C20H16Cl4N2O/c1-20(2,3)10-7-13(22)16(14(23)8-10)19(27)26-18-15(24)9-12(21)11-5-4-6-25-17(11)18/h4-9H,1-3H3,(H,26,27). The van der Waals surface area contributed by atoms with E-state index in [-0.39, 0.29) is 26.0 Å². The zero-order valence-electron chi connectivity index (χ0n) is 14.8. The Morgan fingerprint density at radius 3 is 2.19 bits per heavy atom. The van der Waals surface area contributed by atoms with E-state index in [1.54, 1.807) is 36.5 Å². The molecular weight excluding hydrogens is 426 g/mol. The summed E-state index contributed by atoms with van der Waals surface area (Å²) >= 11 is 25.3. The fourth-order valence-electron chi connectivity index (χ4n) is 2.69. The number of hydrogen-bond donors (Lipinski definition) is 1. The number of benzene rings is 2. The monoisotopic (exact) mass is 440 g/mol. The second-order valence-corrected chi connectivity index (χ2v) is 8.76. The Morgan fingerprint density at radius 2 is 1.59 bits per heavy atom. The van der Waals surface area contributed by atoms with Crippen LogP contribution in [0.3, 0.4) is 0 Å². The molecule has 3 rings (SSSR count). The lowest BCUT2D eigenvalue weighted by Gasteiger charge is -2.21. The van der Waals surface area contributed by atoms with E-state index in [2.05, 4.69) is 10.3 Å². The largest absolute Gasteiger partial charge is 0.319 e. The van der Waals surface area contributed by atoms with Gasteiger partial charge in [0.15, 0.2) is 0 Å². The first kappa shape index (κ1) is 20.2. The van der Waals surface area contributed by atoms with Crippen LogP contribution in [0.5, 0.6) is 0 Å². The van der Waals surface area contributed by atoms with Gasteiger partial charge >= 0.3 is 0 Å². The normalized spacial score (nSPS) is 11.7. The van der Waals surface area contributed by atoms with Crippen LogP contribution in [-0.2, 0) is 5.41 Å². The third-order valence-corrected chi connectivity index (χ3v) is 5.37. The number of carbonyl (C=O) groups excluding carboxylic acids is 1. The van der Waals surface area contributed by atoms with Crippen LogP contribution in [0.4, 0.5) is 5.69 Å². The summed E-state index contributed by atoms with van der Waals surface area (Å²) in [4.78, 5) is 17.2. The van der Waals surface area contributed by atoms with E-state index in [9.17, 15) is 4.79 Å². The minimum absolute atomic E-state index is 0.151. The molecule has 0 saturated heterocycles. The number of anilines is 1. The van der Waals surface area contributed by atoms with Gasteiger partial charge in [0.1, 0.15) is 0 Å². The number of halogens is 4. The lowest BCUT2D eigenvalue weighted by atomic mass is 9.86. The number of pyridine rings is 1. The number of rotatable bonds is 2. The molecule has 0 saturated carbocycles. The predicted molar refractivity (Wildman–Crippen MR) is 115 cm³/mol. The van der Waals surface area contributed by atoms with Gasteiger partial charge in [-0.2, -0.15) is 0 Å². The Bertz CT molecular complexity index is 1030. The van der Waals surface area contributed by atoms with E-state index in [1.165, 1.54) is 0 Å². The highest BCUT2D eigenvalue weighted by Gasteiger charge is 2.23. The lowest BCUT2D eigenvalue weighted by Crippen LogP contribution is -2.16. The number of aromatic nitrogens is 1. The van der Waals surface area contributed by atoms with Gasteiger partial charge in [-0.3, -0.25) is 9.78 Å². The summed E-state index contributed by atoms with van der Waals surface area (Å²) in [5, 5.41) is 4.72. The highest BCUT2D eigenvalue weighted by molar-refractivity contribution is 6.43. The highest BCUT2D eigenvalue weighted by Crippen LogP contribution is 2.37. The number of nitrogens with zero attached hydrogens (tertiary/aromatic N) is 1. The van der Waals surface area contributed by atoms with Gasteiger partial charge in [-0.15, -0.1) is 0 Å². The maximum Gasteiger partial charge on any atom is 0.258 e. The zero-order chi connectivity index (χ0) is 19.9. The van der Waals surface area contributed by atoms with Crippen molar-refractivity contribution in [2.45, 2.75) is 26.2 Å². The first-order chi connectivity index (χ1) is 12.6. The van der Waals surface area contributed by atoms with Crippen molar-refractivity contribution < 1.29 is 4.79 Å². The van der Waals surface area contributed by atoms with Crippen LogP contribution in [0.15, 0.2) is 36.5 Å². The van der Waals surface area contributed by atoms with Crippen molar-refractivity contribution in [2.75, 3.05) is 5.32 Å². The number of nitrogens with one attached hydrogen (secondary N) is 1. The van der Waals surface area contributed by atoms with Crippen molar-refractivity contribution >= 4 is 68.9 Å². The van der Waals surface area contributed by atoms with Crippen molar-refractivity contribution in [1.29, 1.82) is 0 Å². The van der Waals surface area contributed by atoms with E-state index in [0.717, 1.165) is 5.56 Å². The van der Waals surface area contributed by atoms with E-state index in [1.807, 2.05) is 20.8 Å². The summed E-state index contributed by atoms with van der Waals surface area (Å²) in [5.74, 6) is -0.471. The smallest absolute Gasteiger partial charge is 0.258 e. The number of hydrogen-bond acceptors (Lipinski definition) is 2. The summed E-state index contributed by atoms with van der Waals surface area (Å²) in [6, 6.07) is 8.63. The van der Waals surface area contributed by atoms with Crippen molar-refractivity contribution in [3.8, 4) is 0 Å². The van der Waals surface area contributed by atoms with Crippen LogP contribution >= 0.6 is 46.4 Å². The minimum Gasteiger partial charge on any atom is -0.319 e. The molecule has 1 amide bonds. The zero-order valence-corrected chi connectivity index (χ0v) is 17.9. The maximum atomic E-state index is 12.9. The summed E-state index contributed by atoms with van der Waals surface area (Å²) < 4.78 is 0. The van der Waals surface area contributed by atoms with Gasteiger partial charge in [-0.05, 0) is 41.3 Å². The molecule has 0 aliphatic carbocycles. The second kappa shape index (κ2) is 7.48. The molecule has 0 fully saturated rings. The fraction of sp³-hybridized carbons (Fsp3) is 0.200. The second-order valence-electron chi connectivity index (χ2n) is 7.13. The van der Waals surface area contributed by atoms with Crippen LogP contribution in [0.1, 0.15) is 36.7 Å². The van der Waals surface area contributed by atoms with Gasteiger partial charge in [0.05, 0.1) is 36.9 Å². The molecule has 2 aromatic carbocycles. The summed E-state index contributed by atoms with van der Waals surface area (Å²) in [6.07, 6.45) is 1.60. The van der Waals surface area contributed by atoms with Gasteiger partial charge in [-0.25, -0.2) is 0 Å². The molecule has 0 bridgehead atoms. The molecule has 3 nitrogen and oxygen atoms in total. The predicted octanol–water partition coefficient (Wildman–Crippen LogP) is 7.40. The molecule has 140 valence electrons. The Balaban J connectivity index is 2.06. The Hall–Kier alpha value is -1.52. The molecule has 1 heterocycles. The third kappa shape index (κ3) is 4.02. The van der Waals surface area contributed by atoms with Crippen molar-refractivity contribution in [3.63, 3.8) is 0 Å². The number of amides is 1. The fourth-order valence-corrected chi connectivity index (χ4v) is 3.91. The SMILES string of the molecule is CC(C)(C)c1cc(Cl)c(C(=O)Nc2c(Cl)cc(Cl)c3cccnc23)c(Cl)c1. The van der Waals surface area contributed by atoms with Crippen LogP contribution in [0.2, 0.25) is 20.1 Å². The summed E-state index contributed by atoms with van der Waals surface area (Å²) in [7, 11) is 0. The van der Waals surface area contributed by atoms with Gasteiger partial charge in [0.2, 0.25) is 0 Å². The van der Waals surface area contributed by atoms with Gasteiger partial charge in [0, 0.05) is 11.6 Å². The minimum atomic E-state index is -0.471. The average Bonchev–Trinajstić information content (AvgIpc) is 2.57. The molecule has 0 unspecified atom stereocenters. The highest BCUT2D eigenvalue weighted by atomic mass is 35.5. The first-order valence-corrected chi connectivity index (χ1v) is 9.64. The first-order valence-electron chi connectivity index (χ1n) is 8.13. The van der Waals surface area contributed by atoms with E-state index >= 15 is 0 Å². The van der Waals surface area contributed by atoms with E-state index in [0.29, 0.717) is 21.6 Å². The molecule has 0 atom stereocenters. The van der Waals surface area contributed by atoms with Gasteiger partial charge < -0.3 is 5.32 Å². The third-order valence-electron chi connectivity index (χ3n) is 4.17. The molecule has 0 radical (unpaired) electrons. The van der Waals surface area contributed by atoms with Crippen LogP contribution in [0.25, 0.3) is 10.9 Å². The van der Waals surface area contributed by atoms with Crippen molar-refractivity contribution in [2.24, 2.45) is 0 Å². The van der Waals surface area contributed by atoms with Gasteiger partial charge in [-0.1, -0.05) is 67.2 Å². The molecule has 1 N–H and O–H groups in total. The van der Waals surface area contributed by atoms with Crippen LogP contribution < -0.4 is 5.32 Å². The molecular formula is C20H16Cl4N2O. The molecule has 7 heteroatoms. The molecule has 27 heavy (non-hydrogen) atoms. The topological polar surface area (TPSA) is 42.0 Å². The summed E-state index contributed by atoms with van der Waals surface area (Å²) in [5.41, 5.74) is 1.81. The molecule has 1 aromatic heterocycles. The average molecular weight is 442 g/mol. The molecule has 0 spiro atoms. The number of fused-ring (bicyclic) bond motifs is 1.